The first-order chi connectivity index (χ1) is 11.0. The molecule has 0 fully saturated rings. The molecule has 0 radical (unpaired) electrons. The second-order valence-corrected chi connectivity index (χ2v) is 6.18. The number of nitrogens with one attached hydrogen (secondary N) is 1. The molecule has 1 aliphatic carbocycles. The maximum Gasteiger partial charge on any atom is 0.303 e. The number of aliphatic imine (C=N–C) groups is 1. The molecule has 0 saturated heterocycles. The number of allylic oxidation sites excluding steroid dienone is 4. The molecular formula is C18H20N2O3. The molecule has 3 rings (SSSR count). The lowest BCUT2D eigenvalue weighted by atomic mass is 9.84. The summed E-state index contributed by atoms with van der Waals surface area (Å²) in [5, 5.41) is 8.87. The number of hydrogen-bond donors (Lipinski definition) is 2. The molecule has 120 valence electrons. The van der Waals surface area contributed by atoms with Crippen LogP contribution >= 0.6 is 0 Å². The third-order valence-electron chi connectivity index (χ3n) is 4.74. The zero-order chi connectivity index (χ0) is 16.6. The molecule has 1 amide bonds. The second kappa shape index (κ2) is 5.99. The number of hydrogen-bond acceptors (Lipinski definition) is 2. The van der Waals surface area contributed by atoms with Gasteiger partial charge in [0.25, 0.3) is 0 Å². The van der Waals surface area contributed by atoms with Crippen LogP contribution in [-0.2, 0) is 22.4 Å². The number of aromatic amines is 1. The monoisotopic (exact) mass is 312 g/mol. The second-order valence-electron chi connectivity index (χ2n) is 6.18. The Morgan fingerprint density at radius 2 is 2.13 bits per heavy atom. The van der Waals surface area contributed by atoms with Gasteiger partial charge in [-0.25, -0.2) is 4.99 Å². The summed E-state index contributed by atoms with van der Waals surface area (Å²) >= 11 is 0. The Morgan fingerprint density at radius 3 is 2.87 bits per heavy atom. The Morgan fingerprint density at radius 1 is 1.35 bits per heavy atom. The third-order valence-corrected chi connectivity index (χ3v) is 4.74. The summed E-state index contributed by atoms with van der Waals surface area (Å²) < 4.78 is 0. The van der Waals surface area contributed by atoms with Gasteiger partial charge < -0.3 is 10.1 Å². The lowest BCUT2D eigenvalue weighted by Gasteiger charge is -2.16. The van der Waals surface area contributed by atoms with Crippen molar-refractivity contribution in [1.29, 1.82) is 0 Å². The van der Waals surface area contributed by atoms with E-state index in [1.54, 1.807) is 0 Å². The van der Waals surface area contributed by atoms with E-state index in [0.717, 1.165) is 28.2 Å². The van der Waals surface area contributed by atoms with E-state index in [2.05, 4.69) is 9.98 Å². The molecular weight excluding hydrogens is 292 g/mol. The van der Waals surface area contributed by atoms with Crippen molar-refractivity contribution >= 4 is 17.6 Å². The van der Waals surface area contributed by atoms with E-state index >= 15 is 0 Å². The van der Waals surface area contributed by atoms with Crippen LogP contribution in [0.25, 0.3) is 0 Å². The number of aromatic nitrogens is 1. The Bertz CT molecular complexity index is 753. The average molecular weight is 312 g/mol. The van der Waals surface area contributed by atoms with Crippen molar-refractivity contribution in [2.24, 2.45) is 16.8 Å². The number of rotatable bonds is 5. The third kappa shape index (κ3) is 2.91. The molecule has 1 aliphatic heterocycles. The molecule has 2 aliphatic rings. The van der Waals surface area contributed by atoms with E-state index in [0.29, 0.717) is 12.8 Å². The van der Waals surface area contributed by atoms with Crippen LogP contribution < -0.4 is 0 Å². The predicted octanol–water partition coefficient (Wildman–Crippen LogP) is 2.53. The number of carboxylic acid groups (broad SMARTS) is 1. The van der Waals surface area contributed by atoms with E-state index in [4.69, 9.17) is 5.11 Å². The SMILES string of the molecule is Cc1[nH]c(C[C@@H]2C(=O)N=C3C=CC=C[C@@H]32)c(C)c1CCC(=O)O. The minimum absolute atomic E-state index is 0.0537. The first-order valence-corrected chi connectivity index (χ1v) is 7.83. The van der Waals surface area contributed by atoms with E-state index in [9.17, 15) is 9.59 Å². The molecule has 0 bridgehead atoms. The highest BCUT2D eigenvalue weighted by Crippen LogP contribution is 2.32. The molecule has 2 atom stereocenters. The number of aryl methyl sites for hydroxylation is 1. The van der Waals surface area contributed by atoms with Crippen LogP contribution in [0.2, 0.25) is 0 Å². The zero-order valence-electron chi connectivity index (χ0n) is 13.3. The molecule has 1 aromatic heterocycles. The van der Waals surface area contributed by atoms with Crippen molar-refractivity contribution < 1.29 is 14.7 Å². The van der Waals surface area contributed by atoms with Crippen molar-refractivity contribution in [1.82, 2.24) is 4.98 Å². The summed E-state index contributed by atoms with van der Waals surface area (Å²) in [5.74, 6) is -0.983. The molecule has 0 unspecified atom stereocenters. The Labute approximate surface area is 134 Å². The molecule has 5 heteroatoms. The van der Waals surface area contributed by atoms with Crippen molar-refractivity contribution in [3.63, 3.8) is 0 Å². The number of nitrogens with zero attached hydrogens (tertiary/aromatic N) is 1. The summed E-state index contributed by atoms with van der Waals surface area (Å²) in [6, 6.07) is 0. The number of H-pyrrole nitrogens is 1. The van der Waals surface area contributed by atoms with Gasteiger partial charge in [-0.1, -0.05) is 18.2 Å². The van der Waals surface area contributed by atoms with Crippen molar-refractivity contribution in [2.45, 2.75) is 33.1 Å². The minimum atomic E-state index is -0.797. The molecule has 0 saturated carbocycles. The van der Waals surface area contributed by atoms with Gasteiger partial charge in [0.2, 0.25) is 5.91 Å². The normalized spacial score (nSPS) is 22.3. The van der Waals surface area contributed by atoms with Crippen LogP contribution in [0.15, 0.2) is 29.3 Å². The van der Waals surface area contributed by atoms with Crippen LogP contribution in [0.5, 0.6) is 0 Å². The van der Waals surface area contributed by atoms with E-state index in [-0.39, 0.29) is 24.2 Å². The Hall–Kier alpha value is -2.43. The van der Waals surface area contributed by atoms with E-state index < -0.39 is 5.97 Å². The number of carbonyl (C=O) groups excluding carboxylic acids is 1. The highest BCUT2D eigenvalue weighted by atomic mass is 16.4. The van der Waals surface area contributed by atoms with Gasteiger partial charge in [0.15, 0.2) is 0 Å². The molecule has 5 nitrogen and oxygen atoms in total. The quantitative estimate of drug-likeness (QED) is 0.876. The standard InChI is InChI=1S/C18H20N2O3/c1-10-12(7-8-17(21)22)11(2)19-16(10)9-14-13-5-3-4-6-15(13)20-18(14)23/h3-6,13-14,19H,7-9H2,1-2H3,(H,21,22)/t13-,14+/m1/s1. The summed E-state index contributed by atoms with van der Waals surface area (Å²) in [6.45, 7) is 3.95. The van der Waals surface area contributed by atoms with Gasteiger partial charge >= 0.3 is 5.97 Å². The molecule has 2 heterocycles. The fourth-order valence-electron chi connectivity index (χ4n) is 3.47. The zero-order valence-corrected chi connectivity index (χ0v) is 13.3. The summed E-state index contributed by atoms with van der Waals surface area (Å²) in [5.41, 5.74) is 4.97. The number of carbonyl (C=O) groups is 2. The number of fused-ring (bicyclic) bond motifs is 1. The van der Waals surface area contributed by atoms with Crippen LogP contribution in [0.3, 0.4) is 0 Å². The number of amides is 1. The topological polar surface area (TPSA) is 82.5 Å². The summed E-state index contributed by atoms with van der Waals surface area (Å²) in [4.78, 5) is 30.5. The predicted molar refractivity (Wildman–Crippen MR) is 87.6 cm³/mol. The number of carboxylic acids is 1. The van der Waals surface area contributed by atoms with Gasteiger partial charge in [-0.05, 0) is 37.5 Å². The van der Waals surface area contributed by atoms with Crippen LogP contribution in [-0.4, -0.2) is 27.7 Å². The van der Waals surface area contributed by atoms with Gasteiger partial charge in [0.05, 0.1) is 11.6 Å². The molecule has 1 aromatic rings. The van der Waals surface area contributed by atoms with Gasteiger partial charge in [0, 0.05) is 30.1 Å². The van der Waals surface area contributed by atoms with Crippen LogP contribution in [0.1, 0.15) is 28.9 Å². The van der Waals surface area contributed by atoms with E-state index in [1.807, 2.05) is 38.2 Å². The maximum atomic E-state index is 12.2. The minimum Gasteiger partial charge on any atom is -0.481 e. The first kappa shape index (κ1) is 15.5. The lowest BCUT2D eigenvalue weighted by Crippen LogP contribution is -2.22. The number of aliphatic carboxylic acids is 1. The fraction of sp³-hybridized carbons (Fsp3) is 0.389. The van der Waals surface area contributed by atoms with Gasteiger partial charge in [-0.2, -0.15) is 0 Å². The average Bonchev–Trinajstić information content (AvgIpc) is 2.95. The Kier molecular flexibility index (Phi) is 4.03. The van der Waals surface area contributed by atoms with Crippen molar-refractivity contribution in [2.75, 3.05) is 0 Å². The summed E-state index contributed by atoms with van der Waals surface area (Å²) in [7, 11) is 0. The molecule has 2 N–H and O–H groups in total. The highest BCUT2D eigenvalue weighted by molar-refractivity contribution is 6.12. The van der Waals surface area contributed by atoms with Gasteiger partial charge in [-0.3, -0.25) is 9.59 Å². The Balaban J connectivity index is 1.80. The summed E-state index contributed by atoms with van der Waals surface area (Å²) in [6.07, 6.45) is 9.02. The molecule has 23 heavy (non-hydrogen) atoms. The highest BCUT2D eigenvalue weighted by Gasteiger charge is 2.36. The fourth-order valence-corrected chi connectivity index (χ4v) is 3.47. The maximum absolute atomic E-state index is 12.2. The largest absolute Gasteiger partial charge is 0.481 e. The smallest absolute Gasteiger partial charge is 0.303 e. The molecule has 0 spiro atoms. The van der Waals surface area contributed by atoms with Crippen LogP contribution in [0.4, 0.5) is 0 Å². The van der Waals surface area contributed by atoms with Crippen LogP contribution in [0, 0.1) is 25.7 Å². The van der Waals surface area contributed by atoms with Gasteiger partial charge in [0.1, 0.15) is 0 Å². The first-order valence-electron chi connectivity index (χ1n) is 7.83. The van der Waals surface area contributed by atoms with Crippen molar-refractivity contribution in [3.05, 3.63) is 46.8 Å². The molecule has 0 aromatic carbocycles. The van der Waals surface area contributed by atoms with E-state index in [1.165, 1.54) is 0 Å². The van der Waals surface area contributed by atoms with Gasteiger partial charge in [-0.15, -0.1) is 0 Å². The lowest BCUT2D eigenvalue weighted by molar-refractivity contribution is -0.137. The van der Waals surface area contributed by atoms with Crippen molar-refractivity contribution in [3.8, 4) is 0 Å².